The van der Waals surface area contributed by atoms with Gasteiger partial charge in [-0.2, -0.15) is 5.10 Å². The van der Waals surface area contributed by atoms with Gasteiger partial charge in [0.15, 0.2) is 0 Å². The van der Waals surface area contributed by atoms with Crippen LogP contribution in [0.25, 0.3) is 0 Å². The summed E-state index contributed by atoms with van der Waals surface area (Å²) in [5, 5.41) is 7.05. The van der Waals surface area contributed by atoms with Crippen LogP contribution in [0.15, 0.2) is 42.7 Å². The van der Waals surface area contributed by atoms with E-state index >= 15 is 0 Å². The number of aromatic nitrogens is 2. The molecule has 2 rings (SSSR count). The first-order chi connectivity index (χ1) is 9.66. The number of benzene rings is 1. The molecule has 5 nitrogen and oxygen atoms in total. The number of hydrogen-bond donors (Lipinski definition) is 1. The van der Waals surface area contributed by atoms with Crippen molar-refractivity contribution < 1.29 is 4.79 Å². The Hall–Kier alpha value is -2.30. The molecule has 1 N–H and O–H groups in total. The zero-order valence-corrected chi connectivity index (χ0v) is 11.9. The van der Waals surface area contributed by atoms with E-state index in [0.29, 0.717) is 12.1 Å². The van der Waals surface area contributed by atoms with Gasteiger partial charge in [-0.1, -0.05) is 6.07 Å². The first kappa shape index (κ1) is 14.1. The molecular weight excluding hydrogens is 252 g/mol. The molecule has 0 atom stereocenters. The summed E-state index contributed by atoms with van der Waals surface area (Å²) in [6, 6.07) is 9.49. The molecule has 20 heavy (non-hydrogen) atoms. The van der Waals surface area contributed by atoms with Crippen LogP contribution in [0.4, 0.5) is 5.69 Å². The SMILES string of the molecule is CN(C)c1cccc(C(=O)NCCCn2cccn2)c1. The summed E-state index contributed by atoms with van der Waals surface area (Å²) in [5.74, 6) is -0.0332. The zero-order chi connectivity index (χ0) is 14.4. The normalized spacial score (nSPS) is 10.3. The van der Waals surface area contributed by atoms with Gasteiger partial charge in [-0.15, -0.1) is 0 Å². The van der Waals surface area contributed by atoms with Crippen molar-refractivity contribution in [2.45, 2.75) is 13.0 Å². The quantitative estimate of drug-likeness (QED) is 0.815. The lowest BCUT2D eigenvalue weighted by Crippen LogP contribution is -2.25. The summed E-state index contributed by atoms with van der Waals surface area (Å²) in [4.78, 5) is 14.0. The van der Waals surface area contributed by atoms with Crippen molar-refractivity contribution in [2.75, 3.05) is 25.5 Å². The minimum absolute atomic E-state index is 0.0332. The highest BCUT2D eigenvalue weighted by Crippen LogP contribution is 2.13. The van der Waals surface area contributed by atoms with E-state index in [9.17, 15) is 4.79 Å². The fourth-order valence-corrected chi connectivity index (χ4v) is 1.90. The van der Waals surface area contributed by atoms with Gasteiger partial charge in [0.1, 0.15) is 0 Å². The van der Waals surface area contributed by atoms with Crippen LogP contribution in [0.3, 0.4) is 0 Å². The monoisotopic (exact) mass is 272 g/mol. The Labute approximate surface area is 119 Å². The molecule has 5 heteroatoms. The maximum atomic E-state index is 12.0. The van der Waals surface area contributed by atoms with E-state index in [1.165, 1.54) is 0 Å². The van der Waals surface area contributed by atoms with Crippen LogP contribution in [0.5, 0.6) is 0 Å². The average molecular weight is 272 g/mol. The molecular formula is C15H20N4O. The number of nitrogens with one attached hydrogen (secondary N) is 1. The van der Waals surface area contributed by atoms with E-state index in [1.807, 2.05) is 60.2 Å². The van der Waals surface area contributed by atoms with Crippen LogP contribution in [0.2, 0.25) is 0 Å². The van der Waals surface area contributed by atoms with Crippen molar-refractivity contribution in [3.05, 3.63) is 48.3 Å². The number of hydrogen-bond acceptors (Lipinski definition) is 3. The van der Waals surface area contributed by atoms with Crippen molar-refractivity contribution in [3.63, 3.8) is 0 Å². The number of nitrogens with zero attached hydrogens (tertiary/aromatic N) is 3. The fourth-order valence-electron chi connectivity index (χ4n) is 1.90. The third kappa shape index (κ3) is 3.85. The van der Waals surface area contributed by atoms with Gasteiger partial charge in [0.05, 0.1) is 0 Å². The maximum Gasteiger partial charge on any atom is 0.251 e. The molecule has 0 aliphatic rings. The standard InChI is InChI=1S/C15H20N4O/c1-18(2)14-7-3-6-13(12-14)15(20)16-8-4-10-19-11-5-9-17-19/h3,5-7,9,11-12H,4,8,10H2,1-2H3,(H,16,20). The van der Waals surface area contributed by atoms with Crippen molar-refractivity contribution in [1.82, 2.24) is 15.1 Å². The topological polar surface area (TPSA) is 50.2 Å². The molecule has 106 valence electrons. The van der Waals surface area contributed by atoms with E-state index in [2.05, 4.69) is 10.4 Å². The Morgan fingerprint density at radius 3 is 2.90 bits per heavy atom. The number of amides is 1. The molecule has 0 aliphatic carbocycles. The second kappa shape index (κ2) is 6.75. The first-order valence-electron chi connectivity index (χ1n) is 6.70. The molecule has 0 spiro atoms. The minimum atomic E-state index is -0.0332. The third-order valence-electron chi connectivity index (χ3n) is 3.03. The van der Waals surface area contributed by atoms with Gasteiger partial charge in [-0.05, 0) is 30.7 Å². The van der Waals surface area contributed by atoms with Crippen LogP contribution in [-0.4, -0.2) is 36.3 Å². The highest BCUT2D eigenvalue weighted by Gasteiger charge is 2.06. The third-order valence-corrected chi connectivity index (χ3v) is 3.03. The van der Waals surface area contributed by atoms with Crippen molar-refractivity contribution in [3.8, 4) is 0 Å². The van der Waals surface area contributed by atoms with Crippen molar-refractivity contribution in [2.24, 2.45) is 0 Å². The van der Waals surface area contributed by atoms with E-state index in [1.54, 1.807) is 6.20 Å². The molecule has 0 saturated heterocycles. The zero-order valence-electron chi connectivity index (χ0n) is 11.9. The van der Waals surface area contributed by atoms with E-state index in [0.717, 1.165) is 18.7 Å². The molecule has 0 saturated carbocycles. The van der Waals surface area contributed by atoms with Crippen LogP contribution in [0.1, 0.15) is 16.8 Å². The smallest absolute Gasteiger partial charge is 0.251 e. The molecule has 1 amide bonds. The summed E-state index contributed by atoms with van der Waals surface area (Å²) < 4.78 is 1.86. The van der Waals surface area contributed by atoms with Crippen LogP contribution in [0, 0.1) is 0 Å². The van der Waals surface area contributed by atoms with E-state index < -0.39 is 0 Å². The maximum absolute atomic E-state index is 12.0. The number of carbonyl (C=O) groups is 1. The summed E-state index contributed by atoms with van der Waals surface area (Å²) in [7, 11) is 3.92. The molecule has 1 heterocycles. The summed E-state index contributed by atoms with van der Waals surface area (Å²) in [6.45, 7) is 1.45. The summed E-state index contributed by atoms with van der Waals surface area (Å²) in [6.07, 6.45) is 4.54. The Bertz CT molecular complexity index is 549. The van der Waals surface area contributed by atoms with Crippen LogP contribution in [-0.2, 0) is 6.54 Å². The molecule has 2 aromatic rings. The predicted molar refractivity (Wildman–Crippen MR) is 79.9 cm³/mol. The Kier molecular flexibility index (Phi) is 4.76. The molecule has 0 bridgehead atoms. The predicted octanol–water partition coefficient (Wildman–Crippen LogP) is 1.77. The summed E-state index contributed by atoms with van der Waals surface area (Å²) in [5.41, 5.74) is 1.71. The van der Waals surface area contributed by atoms with Gasteiger partial charge in [0.2, 0.25) is 0 Å². The molecule has 1 aromatic carbocycles. The van der Waals surface area contributed by atoms with Gasteiger partial charge in [0.25, 0.3) is 5.91 Å². The molecule has 0 radical (unpaired) electrons. The lowest BCUT2D eigenvalue weighted by molar-refractivity contribution is 0.0952. The highest BCUT2D eigenvalue weighted by molar-refractivity contribution is 5.95. The van der Waals surface area contributed by atoms with Crippen LogP contribution >= 0.6 is 0 Å². The van der Waals surface area contributed by atoms with Gasteiger partial charge in [-0.25, -0.2) is 0 Å². The number of aryl methyl sites for hydroxylation is 1. The molecule has 1 aromatic heterocycles. The molecule has 0 unspecified atom stereocenters. The second-order valence-corrected chi connectivity index (χ2v) is 4.82. The van der Waals surface area contributed by atoms with Gasteiger partial charge in [-0.3, -0.25) is 9.48 Å². The lowest BCUT2D eigenvalue weighted by Gasteiger charge is -2.13. The van der Waals surface area contributed by atoms with E-state index in [-0.39, 0.29) is 5.91 Å². The van der Waals surface area contributed by atoms with E-state index in [4.69, 9.17) is 0 Å². The van der Waals surface area contributed by atoms with Crippen LogP contribution < -0.4 is 10.2 Å². The summed E-state index contributed by atoms with van der Waals surface area (Å²) >= 11 is 0. The first-order valence-corrected chi connectivity index (χ1v) is 6.70. The number of carbonyl (C=O) groups excluding carboxylic acids is 1. The van der Waals surface area contributed by atoms with Crippen molar-refractivity contribution >= 4 is 11.6 Å². The number of anilines is 1. The molecule has 0 aliphatic heterocycles. The lowest BCUT2D eigenvalue weighted by atomic mass is 10.2. The minimum Gasteiger partial charge on any atom is -0.378 e. The molecule has 0 fully saturated rings. The highest BCUT2D eigenvalue weighted by atomic mass is 16.1. The number of rotatable bonds is 6. The second-order valence-electron chi connectivity index (χ2n) is 4.82. The Morgan fingerprint density at radius 2 is 2.20 bits per heavy atom. The largest absolute Gasteiger partial charge is 0.378 e. The average Bonchev–Trinajstić information content (AvgIpc) is 2.96. The van der Waals surface area contributed by atoms with Gasteiger partial charge >= 0.3 is 0 Å². The Balaban J connectivity index is 1.81. The van der Waals surface area contributed by atoms with Gasteiger partial charge in [0, 0.05) is 50.8 Å². The van der Waals surface area contributed by atoms with Gasteiger partial charge < -0.3 is 10.2 Å². The Morgan fingerprint density at radius 1 is 1.35 bits per heavy atom. The van der Waals surface area contributed by atoms with Crippen molar-refractivity contribution in [1.29, 1.82) is 0 Å². The fraction of sp³-hybridized carbons (Fsp3) is 0.333.